The number of hydrogen-bond acceptors (Lipinski definition) is 6. The zero-order valence-corrected chi connectivity index (χ0v) is 20.6. The Labute approximate surface area is 206 Å². The summed E-state index contributed by atoms with van der Waals surface area (Å²) < 4.78 is 18.6. The van der Waals surface area contributed by atoms with Gasteiger partial charge in [0.25, 0.3) is 0 Å². The van der Waals surface area contributed by atoms with E-state index in [0.717, 1.165) is 17.8 Å². The third-order valence-corrected chi connectivity index (χ3v) is 7.31. The maximum Gasteiger partial charge on any atom is 0.237 e. The van der Waals surface area contributed by atoms with Gasteiger partial charge >= 0.3 is 0 Å². The molecule has 35 heavy (non-hydrogen) atoms. The van der Waals surface area contributed by atoms with E-state index in [9.17, 15) is 18.8 Å². The van der Waals surface area contributed by atoms with Crippen LogP contribution in [0.25, 0.3) is 0 Å². The summed E-state index contributed by atoms with van der Waals surface area (Å²) in [4.78, 5) is 47.3. The average Bonchev–Trinajstić information content (AvgIpc) is 2.87. The summed E-state index contributed by atoms with van der Waals surface area (Å²) in [5.74, 6) is -0.353. The van der Waals surface area contributed by atoms with Crippen LogP contribution in [0.2, 0.25) is 0 Å². The summed E-state index contributed by atoms with van der Waals surface area (Å²) in [6.07, 6.45) is 3.02. The summed E-state index contributed by atoms with van der Waals surface area (Å²) in [6.45, 7) is 6.93. The van der Waals surface area contributed by atoms with E-state index in [1.807, 2.05) is 18.7 Å². The van der Waals surface area contributed by atoms with Crippen LogP contribution in [0.15, 0.2) is 40.5 Å². The monoisotopic (exact) mass is 483 g/mol. The highest BCUT2D eigenvalue weighted by molar-refractivity contribution is 6.13. The molecule has 0 saturated carbocycles. The Kier molecular flexibility index (Phi) is 8.23. The summed E-state index contributed by atoms with van der Waals surface area (Å²) in [5.41, 5.74) is 2.77. The molecule has 0 unspecified atom stereocenters. The summed E-state index contributed by atoms with van der Waals surface area (Å²) in [5, 5.41) is 0. The molecular formula is C27H34FN3O4. The number of aliphatic imine (C=N–C) groups is 1. The Morgan fingerprint density at radius 3 is 2.63 bits per heavy atom. The standard InChI is InChI=1S/C27H34FN3O4/c1-3-18(2)31(15-22-14-25(32)23-17-35-13-10-24(23)29-22)26(33)16-30-11-8-20(9-12-30)27(34)19-4-6-21(28)7-5-19/h4-7,18,20H,3,8-17H2,1-2H3/t18-/m0/s1. The van der Waals surface area contributed by atoms with Crippen LogP contribution >= 0.6 is 0 Å². The fourth-order valence-corrected chi connectivity index (χ4v) is 4.95. The molecule has 0 bridgehead atoms. The second-order valence-corrected chi connectivity index (χ2v) is 9.71. The van der Waals surface area contributed by atoms with Crippen LogP contribution < -0.4 is 0 Å². The average molecular weight is 484 g/mol. The van der Waals surface area contributed by atoms with Crippen LogP contribution in [0.3, 0.4) is 0 Å². The highest BCUT2D eigenvalue weighted by atomic mass is 19.1. The first kappa shape index (κ1) is 25.4. The molecule has 0 N–H and O–H groups in total. The van der Waals surface area contributed by atoms with Gasteiger partial charge in [0.15, 0.2) is 11.6 Å². The van der Waals surface area contributed by atoms with E-state index in [4.69, 9.17) is 9.73 Å². The van der Waals surface area contributed by atoms with E-state index in [2.05, 4.69) is 4.90 Å². The van der Waals surface area contributed by atoms with Crippen LogP contribution in [-0.2, 0) is 14.3 Å². The zero-order chi connectivity index (χ0) is 24.9. The van der Waals surface area contributed by atoms with E-state index in [1.54, 1.807) is 0 Å². The van der Waals surface area contributed by atoms with Crippen LogP contribution in [0.5, 0.6) is 0 Å². The van der Waals surface area contributed by atoms with Crippen LogP contribution in [0, 0.1) is 11.7 Å². The lowest BCUT2D eigenvalue weighted by Crippen LogP contribution is -2.49. The molecular weight excluding hydrogens is 449 g/mol. The summed E-state index contributed by atoms with van der Waals surface area (Å²) >= 11 is 0. The molecule has 1 aromatic rings. The van der Waals surface area contributed by atoms with Gasteiger partial charge in [-0.3, -0.25) is 24.3 Å². The Bertz CT molecular complexity index is 1030. The van der Waals surface area contributed by atoms with Gasteiger partial charge in [-0.15, -0.1) is 0 Å². The van der Waals surface area contributed by atoms with Gasteiger partial charge in [0.2, 0.25) is 5.91 Å². The number of carbonyl (C=O) groups is 3. The fourth-order valence-electron chi connectivity index (χ4n) is 4.95. The predicted octanol–water partition coefficient (Wildman–Crippen LogP) is 3.44. The quantitative estimate of drug-likeness (QED) is 0.530. The smallest absolute Gasteiger partial charge is 0.237 e. The van der Waals surface area contributed by atoms with Crippen molar-refractivity contribution in [3.63, 3.8) is 0 Å². The van der Waals surface area contributed by atoms with Gasteiger partial charge in [0, 0.05) is 35.2 Å². The van der Waals surface area contributed by atoms with E-state index in [0.29, 0.717) is 63.2 Å². The second kappa shape index (κ2) is 11.4. The maximum absolute atomic E-state index is 13.3. The van der Waals surface area contributed by atoms with Gasteiger partial charge in [0.1, 0.15) is 5.82 Å². The minimum Gasteiger partial charge on any atom is -0.376 e. The number of benzene rings is 1. The third kappa shape index (κ3) is 6.11. The highest BCUT2D eigenvalue weighted by Crippen LogP contribution is 2.25. The van der Waals surface area contributed by atoms with Crippen LogP contribution in [-0.4, -0.2) is 78.4 Å². The molecule has 0 aromatic heterocycles. The Hall–Kier alpha value is -2.71. The van der Waals surface area contributed by atoms with Crippen molar-refractivity contribution < 1.29 is 23.5 Å². The molecule has 1 aromatic carbocycles. The van der Waals surface area contributed by atoms with Gasteiger partial charge in [-0.05, 0) is 63.5 Å². The molecule has 0 aliphatic carbocycles. The first-order chi connectivity index (χ1) is 16.9. The molecule has 1 saturated heterocycles. The molecule has 3 aliphatic rings. The number of ketones is 2. The van der Waals surface area contributed by atoms with E-state index < -0.39 is 0 Å². The minimum absolute atomic E-state index is 0.0181. The lowest BCUT2D eigenvalue weighted by atomic mass is 9.89. The fraction of sp³-hybridized carbons (Fsp3) is 0.556. The van der Waals surface area contributed by atoms with Crippen molar-refractivity contribution in [2.24, 2.45) is 10.9 Å². The number of Topliss-reactive ketones (excluding diaryl/α,β-unsaturated/α-hetero) is 2. The largest absolute Gasteiger partial charge is 0.376 e. The number of rotatable bonds is 8. The van der Waals surface area contributed by atoms with Crippen molar-refractivity contribution in [1.29, 1.82) is 0 Å². The molecule has 3 aliphatic heterocycles. The highest BCUT2D eigenvalue weighted by Gasteiger charge is 2.31. The van der Waals surface area contributed by atoms with Gasteiger partial charge < -0.3 is 9.64 Å². The molecule has 1 fully saturated rings. The number of amides is 1. The minimum atomic E-state index is -0.353. The van der Waals surface area contributed by atoms with Crippen LogP contribution in [0.1, 0.15) is 56.3 Å². The van der Waals surface area contributed by atoms with Gasteiger partial charge in [0.05, 0.1) is 38.4 Å². The molecule has 1 atom stereocenters. The molecule has 8 heteroatoms. The van der Waals surface area contributed by atoms with Crippen molar-refractivity contribution in [2.45, 2.75) is 52.0 Å². The Balaban J connectivity index is 1.35. The van der Waals surface area contributed by atoms with E-state index >= 15 is 0 Å². The topological polar surface area (TPSA) is 79.3 Å². The molecule has 188 valence electrons. The van der Waals surface area contributed by atoms with Crippen molar-refractivity contribution in [3.05, 3.63) is 46.9 Å². The van der Waals surface area contributed by atoms with Crippen molar-refractivity contribution in [2.75, 3.05) is 39.4 Å². The number of piperidine rings is 1. The predicted molar refractivity (Wildman–Crippen MR) is 131 cm³/mol. The van der Waals surface area contributed by atoms with Crippen molar-refractivity contribution >= 4 is 23.2 Å². The summed E-state index contributed by atoms with van der Waals surface area (Å²) in [7, 11) is 0. The van der Waals surface area contributed by atoms with Crippen molar-refractivity contribution in [3.8, 4) is 0 Å². The van der Waals surface area contributed by atoms with Gasteiger partial charge in [-0.1, -0.05) is 6.92 Å². The maximum atomic E-state index is 13.3. The number of ether oxygens (including phenoxy) is 1. The molecule has 1 amide bonds. The first-order valence-electron chi connectivity index (χ1n) is 12.6. The van der Waals surface area contributed by atoms with Crippen LogP contribution in [0.4, 0.5) is 4.39 Å². The number of hydrogen-bond donors (Lipinski definition) is 0. The van der Waals surface area contributed by atoms with E-state index in [-0.39, 0.29) is 48.2 Å². The number of nitrogens with zero attached hydrogens (tertiary/aromatic N) is 3. The molecule has 4 rings (SSSR count). The zero-order valence-electron chi connectivity index (χ0n) is 20.6. The third-order valence-electron chi connectivity index (χ3n) is 7.31. The first-order valence-corrected chi connectivity index (χ1v) is 12.6. The normalized spacial score (nSPS) is 20.3. The number of likely N-dealkylation sites (tertiary alicyclic amines) is 1. The molecule has 0 radical (unpaired) electrons. The number of carbonyl (C=O) groups excluding carboxylic acids is 3. The van der Waals surface area contributed by atoms with E-state index in [1.165, 1.54) is 24.3 Å². The van der Waals surface area contributed by atoms with Gasteiger partial charge in [-0.25, -0.2) is 4.39 Å². The SMILES string of the molecule is CC[C@H](C)N(CC1=NC2=C(COCC2)C(=O)C1)C(=O)CN1CCC(C(=O)c2ccc(F)cc2)CC1. The van der Waals surface area contributed by atoms with Gasteiger partial charge in [-0.2, -0.15) is 0 Å². The number of halogens is 1. The lowest BCUT2D eigenvalue weighted by molar-refractivity contribution is -0.134. The molecule has 7 nitrogen and oxygen atoms in total. The summed E-state index contributed by atoms with van der Waals surface area (Å²) in [6, 6.07) is 5.73. The Morgan fingerprint density at radius 2 is 1.94 bits per heavy atom. The molecule has 0 spiro atoms. The Morgan fingerprint density at radius 1 is 1.23 bits per heavy atom. The van der Waals surface area contributed by atoms with Crippen molar-refractivity contribution in [1.82, 2.24) is 9.80 Å². The molecule has 3 heterocycles. The second-order valence-electron chi connectivity index (χ2n) is 9.71. The lowest BCUT2D eigenvalue weighted by Gasteiger charge is -2.35.